The van der Waals surface area contributed by atoms with Gasteiger partial charge in [-0.2, -0.15) is 5.10 Å². The van der Waals surface area contributed by atoms with Gasteiger partial charge in [-0.1, -0.05) is 0 Å². The lowest BCUT2D eigenvalue weighted by atomic mass is 9.91. The van der Waals surface area contributed by atoms with Gasteiger partial charge in [0.05, 0.1) is 11.8 Å². The second-order valence-electron chi connectivity index (χ2n) is 4.22. The molecule has 4 nitrogen and oxygen atoms in total. The van der Waals surface area contributed by atoms with Crippen molar-refractivity contribution in [2.45, 2.75) is 19.3 Å². The minimum Gasteiger partial charge on any atom is -0.317 e. The lowest BCUT2D eigenvalue weighted by molar-refractivity contribution is 0.0952. The Morgan fingerprint density at radius 1 is 1.60 bits per heavy atom. The lowest BCUT2D eigenvalue weighted by Gasteiger charge is -2.21. The maximum Gasteiger partial charge on any atom is 0.166 e. The van der Waals surface area contributed by atoms with E-state index in [1.54, 1.807) is 17.1 Å². The summed E-state index contributed by atoms with van der Waals surface area (Å²) >= 11 is 0. The molecule has 82 valence electrons. The fourth-order valence-corrected chi connectivity index (χ4v) is 2.03. The molecule has 0 spiro atoms. The summed E-state index contributed by atoms with van der Waals surface area (Å²) in [6, 6.07) is 0. The van der Waals surface area contributed by atoms with Crippen molar-refractivity contribution in [2.75, 3.05) is 13.1 Å². The fourth-order valence-electron chi connectivity index (χ4n) is 2.03. The van der Waals surface area contributed by atoms with Crippen LogP contribution in [0.1, 0.15) is 29.6 Å². The number of hydrogen-bond donors (Lipinski definition) is 1. The van der Waals surface area contributed by atoms with Crippen LogP contribution in [-0.4, -0.2) is 28.7 Å². The molecular weight excluding hydrogens is 190 g/mol. The first-order valence-electron chi connectivity index (χ1n) is 5.48. The first-order chi connectivity index (χ1) is 7.25. The zero-order valence-corrected chi connectivity index (χ0v) is 9.07. The van der Waals surface area contributed by atoms with E-state index in [4.69, 9.17) is 0 Å². The predicted molar refractivity (Wildman–Crippen MR) is 57.7 cm³/mol. The second kappa shape index (κ2) is 4.57. The highest BCUT2D eigenvalue weighted by atomic mass is 16.1. The van der Waals surface area contributed by atoms with Crippen molar-refractivity contribution >= 4 is 5.78 Å². The molecule has 0 radical (unpaired) electrons. The van der Waals surface area contributed by atoms with Crippen molar-refractivity contribution in [2.24, 2.45) is 13.0 Å². The second-order valence-corrected chi connectivity index (χ2v) is 4.22. The Balaban J connectivity index is 1.91. The number of aromatic nitrogens is 2. The van der Waals surface area contributed by atoms with E-state index in [9.17, 15) is 4.79 Å². The first kappa shape index (κ1) is 10.4. The molecule has 0 atom stereocenters. The topological polar surface area (TPSA) is 46.9 Å². The highest BCUT2D eigenvalue weighted by Crippen LogP contribution is 2.18. The number of piperidine rings is 1. The Bertz CT molecular complexity index is 339. The third kappa shape index (κ3) is 2.65. The van der Waals surface area contributed by atoms with Gasteiger partial charge in [0.25, 0.3) is 0 Å². The third-order valence-corrected chi connectivity index (χ3v) is 2.96. The highest BCUT2D eigenvalue weighted by molar-refractivity contribution is 5.95. The summed E-state index contributed by atoms with van der Waals surface area (Å²) in [6.45, 7) is 2.09. The molecule has 1 aliphatic heterocycles. The van der Waals surface area contributed by atoms with Crippen LogP contribution >= 0.6 is 0 Å². The molecule has 4 heteroatoms. The number of carbonyl (C=O) groups excluding carboxylic acids is 1. The van der Waals surface area contributed by atoms with Crippen LogP contribution in [0.2, 0.25) is 0 Å². The smallest absolute Gasteiger partial charge is 0.166 e. The third-order valence-electron chi connectivity index (χ3n) is 2.96. The molecule has 1 aromatic heterocycles. The largest absolute Gasteiger partial charge is 0.317 e. The van der Waals surface area contributed by atoms with Crippen LogP contribution in [0.3, 0.4) is 0 Å². The van der Waals surface area contributed by atoms with E-state index in [-0.39, 0.29) is 5.78 Å². The van der Waals surface area contributed by atoms with Crippen molar-refractivity contribution in [3.63, 3.8) is 0 Å². The molecule has 15 heavy (non-hydrogen) atoms. The zero-order chi connectivity index (χ0) is 10.7. The standard InChI is InChI=1S/C11H17N3O/c1-14-8-10(7-13-14)11(15)6-9-2-4-12-5-3-9/h7-9,12H,2-6H2,1H3. The molecule has 2 heterocycles. The Kier molecular flexibility index (Phi) is 3.16. The van der Waals surface area contributed by atoms with Gasteiger partial charge >= 0.3 is 0 Å². The summed E-state index contributed by atoms with van der Waals surface area (Å²) in [6.07, 6.45) is 6.36. The van der Waals surface area contributed by atoms with E-state index in [1.807, 2.05) is 7.05 Å². The Hall–Kier alpha value is -1.16. The quantitative estimate of drug-likeness (QED) is 0.752. The summed E-state index contributed by atoms with van der Waals surface area (Å²) in [5.41, 5.74) is 0.746. The average molecular weight is 207 g/mol. The number of aryl methyl sites for hydroxylation is 1. The predicted octanol–water partition coefficient (Wildman–Crippen LogP) is 0.993. The Morgan fingerprint density at radius 2 is 2.33 bits per heavy atom. The van der Waals surface area contributed by atoms with Crippen LogP contribution < -0.4 is 5.32 Å². The van der Waals surface area contributed by atoms with E-state index in [1.165, 1.54) is 0 Å². The average Bonchev–Trinajstić information content (AvgIpc) is 2.66. The number of rotatable bonds is 3. The number of hydrogen-bond acceptors (Lipinski definition) is 3. The molecular formula is C11H17N3O. The minimum absolute atomic E-state index is 0.231. The van der Waals surface area contributed by atoms with Crippen molar-refractivity contribution in [1.82, 2.24) is 15.1 Å². The molecule has 1 aromatic rings. The summed E-state index contributed by atoms with van der Waals surface area (Å²) in [5, 5.41) is 7.32. The van der Waals surface area contributed by atoms with Gasteiger partial charge in [-0.15, -0.1) is 0 Å². The summed E-state index contributed by atoms with van der Waals surface area (Å²) in [4.78, 5) is 11.9. The van der Waals surface area contributed by atoms with Gasteiger partial charge < -0.3 is 5.32 Å². The van der Waals surface area contributed by atoms with E-state index in [0.29, 0.717) is 12.3 Å². The molecule has 0 bridgehead atoms. The molecule has 2 rings (SSSR count). The van der Waals surface area contributed by atoms with Gasteiger partial charge in [0, 0.05) is 19.7 Å². The summed E-state index contributed by atoms with van der Waals surface area (Å²) in [7, 11) is 1.83. The van der Waals surface area contributed by atoms with E-state index in [2.05, 4.69) is 10.4 Å². The SMILES string of the molecule is Cn1cc(C(=O)CC2CCNCC2)cn1. The normalized spacial score (nSPS) is 17.9. The minimum atomic E-state index is 0.231. The monoisotopic (exact) mass is 207 g/mol. The molecule has 0 aromatic carbocycles. The van der Waals surface area contributed by atoms with Crippen LogP contribution in [0.4, 0.5) is 0 Å². The number of ketones is 1. The molecule has 1 fully saturated rings. The van der Waals surface area contributed by atoms with Gasteiger partial charge in [0.1, 0.15) is 0 Å². The van der Waals surface area contributed by atoms with Gasteiger partial charge in [0.15, 0.2) is 5.78 Å². The molecule has 0 unspecified atom stereocenters. The Labute approximate surface area is 89.7 Å². The van der Waals surface area contributed by atoms with E-state index >= 15 is 0 Å². The van der Waals surface area contributed by atoms with Gasteiger partial charge in [-0.05, 0) is 31.8 Å². The maximum absolute atomic E-state index is 11.9. The van der Waals surface area contributed by atoms with Crippen molar-refractivity contribution in [3.05, 3.63) is 18.0 Å². The summed E-state index contributed by atoms with van der Waals surface area (Å²) < 4.78 is 1.68. The fraction of sp³-hybridized carbons (Fsp3) is 0.636. The Morgan fingerprint density at radius 3 is 2.93 bits per heavy atom. The van der Waals surface area contributed by atoms with E-state index < -0.39 is 0 Å². The molecule has 0 saturated carbocycles. The van der Waals surface area contributed by atoms with Crippen LogP contribution in [0.5, 0.6) is 0 Å². The van der Waals surface area contributed by atoms with Gasteiger partial charge in [-0.3, -0.25) is 9.48 Å². The molecule has 1 N–H and O–H groups in total. The molecule has 1 aliphatic rings. The lowest BCUT2D eigenvalue weighted by Crippen LogP contribution is -2.28. The maximum atomic E-state index is 11.9. The van der Waals surface area contributed by atoms with Crippen LogP contribution in [0.15, 0.2) is 12.4 Å². The summed E-state index contributed by atoms with van der Waals surface area (Å²) in [5.74, 6) is 0.786. The van der Waals surface area contributed by atoms with Crippen molar-refractivity contribution in [1.29, 1.82) is 0 Å². The number of nitrogens with zero attached hydrogens (tertiary/aromatic N) is 2. The van der Waals surface area contributed by atoms with Crippen molar-refractivity contribution in [3.8, 4) is 0 Å². The van der Waals surface area contributed by atoms with Crippen LogP contribution in [0, 0.1) is 5.92 Å². The number of carbonyl (C=O) groups is 1. The number of Topliss-reactive ketones (excluding diaryl/α,β-unsaturated/α-hetero) is 1. The van der Waals surface area contributed by atoms with Crippen LogP contribution in [0.25, 0.3) is 0 Å². The highest BCUT2D eigenvalue weighted by Gasteiger charge is 2.18. The van der Waals surface area contributed by atoms with Crippen molar-refractivity contribution < 1.29 is 4.79 Å². The van der Waals surface area contributed by atoms with Crippen LogP contribution in [-0.2, 0) is 7.05 Å². The molecule has 0 amide bonds. The number of nitrogens with one attached hydrogen (secondary N) is 1. The van der Waals surface area contributed by atoms with Gasteiger partial charge in [-0.25, -0.2) is 0 Å². The van der Waals surface area contributed by atoms with Gasteiger partial charge in [0.2, 0.25) is 0 Å². The first-order valence-corrected chi connectivity index (χ1v) is 5.48. The zero-order valence-electron chi connectivity index (χ0n) is 9.07. The molecule has 1 saturated heterocycles. The molecule has 0 aliphatic carbocycles. The van der Waals surface area contributed by atoms with E-state index in [0.717, 1.165) is 31.5 Å².